The first kappa shape index (κ1) is 22.4. The van der Waals surface area contributed by atoms with Crippen LogP contribution in [0.5, 0.6) is 5.75 Å². The summed E-state index contributed by atoms with van der Waals surface area (Å²) in [7, 11) is -2.24. The average Bonchev–Trinajstić information content (AvgIpc) is 2.70. The largest absolute Gasteiger partial charge is 0.476 e. The maximum absolute atomic E-state index is 13.1. The number of rotatable bonds is 3. The zero-order valence-electron chi connectivity index (χ0n) is 18.2. The summed E-state index contributed by atoms with van der Waals surface area (Å²) in [5.74, 6) is -0.363. The van der Waals surface area contributed by atoms with Gasteiger partial charge in [0.05, 0.1) is 31.5 Å². The summed E-state index contributed by atoms with van der Waals surface area (Å²) in [6.07, 6.45) is 1.25. The molecular formula is C21H30N2O6S. The molecule has 30 heavy (non-hydrogen) atoms. The minimum atomic E-state index is -3.60. The van der Waals surface area contributed by atoms with Crippen molar-refractivity contribution in [3.8, 4) is 5.75 Å². The number of carbonyl (C=O) groups is 2. The van der Waals surface area contributed by atoms with E-state index < -0.39 is 16.1 Å². The summed E-state index contributed by atoms with van der Waals surface area (Å²) >= 11 is 0. The second kappa shape index (κ2) is 8.09. The number of ether oxygens (including phenoxy) is 2. The van der Waals surface area contributed by atoms with E-state index in [4.69, 9.17) is 9.47 Å². The van der Waals surface area contributed by atoms with Gasteiger partial charge in [0.1, 0.15) is 5.75 Å². The molecule has 2 aliphatic rings. The van der Waals surface area contributed by atoms with E-state index in [0.29, 0.717) is 37.4 Å². The highest BCUT2D eigenvalue weighted by Crippen LogP contribution is 2.39. The molecule has 1 aromatic carbocycles. The molecule has 0 spiro atoms. The number of hydrogen-bond acceptors (Lipinski definition) is 6. The predicted molar refractivity (Wildman–Crippen MR) is 113 cm³/mol. The Hall–Kier alpha value is -2.29. The number of benzene rings is 1. The number of methoxy groups -OCH3 is 1. The van der Waals surface area contributed by atoms with Crippen molar-refractivity contribution in [3.05, 3.63) is 23.8 Å². The van der Waals surface area contributed by atoms with Crippen molar-refractivity contribution < 1.29 is 27.5 Å². The van der Waals surface area contributed by atoms with E-state index in [1.807, 2.05) is 32.9 Å². The Kier molecular flexibility index (Phi) is 6.04. The third-order valence-corrected chi connectivity index (χ3v) is 6.86. The fourth-order valence-corrected chi connectivity index (χ4v) is 4.77. The summed E-state index contributed by atoms with van der Waals surface area (Å²) in [5, 5.41) is 0. The quantitative estimate of drug-likeness (QED) is 0.670. The standard InChI is InChI=1S/C21H30N2O6S/c1-21(2,3)15-6-7-17-16(12-15)23(30(5,26)27)13-18(29-17)19(24)22-10-8-14(9-11-22)20(25)28-4/h6-7,12,14,18H,8-11,13H2,1-5H3. The van der Waals surface area contributed by atoms with E-state index >= 15 is 0 Å². The fraction of sp³-hybridized carbons (Fsp3) is 0.619. The van der Waals surface area contributed by atoms with Gasteiger partial charge in [0.25, 0.3) is 5.91 Å². The SMILES string of the molecule is COC(=O)C1CCN(C(=O)C2CN(S(C)(=O)=O)c3cc(C(C)(C)C)ccc3O2)CC1. The number of sulfonamides is 1. The van der Waals surface area contributed by atoms with Gasteiger partial charge < -0.3 is 14.4 Å². The van der Waals surface area contributed by atoms with Crippen molar-refractivity contribution in [2.75, 3.05) is 37.3 Å². The Balaban J connectivity index is 1.82. The van der Waals surface area contributed by atoms with Crippen LogP contribution in [-0.4, -0.2) is 64.3 Å². The van der Waals surface area contributed by atoms with E-state index in [1.54, 1.807) is 11.0 Å². The lowest BCUT2D eigenvalue weighted by atomic mass is 9.86. The van der Waals surface area contributed by atoms with Crippen molar-refractivity contribution in [2.24, 2.45) is 5.92 Å². The summed E-state index contributed by atoms with van der Waals surface area (Å²) in [6.45, 7) is 6.89. The van der Waals surface area contributed by atoms with Crippen LogP contribution < -0.4 is 9.04 Å². The normalized spacial score (nSPS) is 20.4. The zero-order chi connectivity index (χ0) is 22.3. The molecule has 1 fully saturated rings. The Morgan fingerprint density at radius 3 is 2.33 bits per heavy atom. The average molecular weight is 439 g/mol. The maximum Gasteiger partial charge on any atom is 0.308 e. The number of esters is 1. The van der Waals surface area contributed by atoms with E-state index in [9.17, 15) is 18.0 Å². The molecule has 1 aromatic rings. The topological polar surface area (TPSA) is 93.2 Å². The van der Waals surface area contributed by atoms with E-state index in [0.717, 1.165) is 11.8 Å². The van der Waals surface area contributed by atoms with Gasteiger partial charge in [-0.15, -0.1) is 0 Å². The minimum absolute atomic E-state index is 0.0742. The van der Waals surface area contributed by atoms with Crippen LogP contribution in [0.4, 0.5) is 5.69 Å². The van der Waals surface area contributed by atoms with Crippen molar-refractivity contribution in [3.63, 3.8) is 0 Å². The van der Waals surface area contributed by atoms with Crippen LogP contribution in [0, 0.1) is 5.92 Å². The molecule has 2 aliphatic heterocycles. The number of anilines is 1. The molecule has 3 rings (SSSR count). The summed E-state index contributed by atoms with van der Waals surface area (Å²) in [6, 6.07) is 5.45. The number of fused-ring (bicyclic) bond motifs is 1. The van der Waals surface area contributed by atoms with Crippen molar-refractivity contribution in [2.45, 2.75) is 45.1 Å². The lowest BCUT2D eigenvalue weighted by molar-refractivity contribution is -0.150. The predicted octanol–water partition coefficient (Wildman–Crippen LogP) is 1.92. The molecule has 2 heterocycles. The van der Waals surface area contributed by atoms with Crippen LogP contribution in [0.2, 0.25) is 0 Å². The van der Waals surface area contributed by atoms with Gasteiger partial charge >= 0.3 is 5.97 Å². The molecule has 0 aliphatic carbocycles. The van der Waals surface area contributed by atoms with Crippen molar-refractivity contribution in [1.29, 1.82) is 0 Å². The number of carbonyl (C=O) groups excluding carboxylic acids is 2. The van der Waals surface area contributed by atoms with Gasteiger partial charge in [-0.1, -0.05) is 26.8 Å². The summed E-state index contributed by atoms with van der Waals surface area (Å²) in [5.41, 5.74) is 1.28. The highest BCUT2D eigenvalue weighted by atomic mass is 32.2. The van der Waals surface area contributed by atoms with E-state index in [2.05, 4.69) is 0 Å². The molecule has 0 aromatic heterocycles. The number of hydrogen-bond donors (Lipinski definition) is 0. The molecule has 1 saturated heterocycles. The molecular weight excluding hydrogens is 408 g/mol. The smallest absolute Gasteiger partial charge is 0.308 e. The van der Waals surface area contributed by atoms with Gasteiger partial charge in [-0.3, -0.25) is 13.9 Å². The van der Waals surface area contributed by atoms with Gasteiger partial charge in [0.2, 0.25) is 10.0 Å². The van der Waals surface area contributed by atoms with Crippen LogP contribution in [0.25, 0.3) is 0 Å². The Morgan fingerprint density at radius 2 is 1.80 bits per heavy atom. The first-order valence-electron chi connectivity index (χ1n) is 10.1. The molecule has 8 nitrogen and oxygen atoms in total. The summed E-state index contributed by atoms with van der Waals surface area (Å²) < 4.78 is 37.0. The van der Waals surface area contributed by atoms with Gasteiger partial charge in [0, 0.05) is 13.1 Å². The van der Waals surface area contributed by atoms with Crippen LogP contribution >= 0.6 is 0 Å². The Morgan fingerprint density at radius 1 is 1.17 bits per heavy atom. The summed E-state index contributed by atoms with van der Waals surface area (Å²) in [4.78, 5) is 26.4. The minimum Gasteiger partial charge on any atom is -0.476 e. The molecule has 0 N–H and O–H groups in total. The highest BCUT2D eigenvalue weighted by Gasteiger charge is 2.39. The van der Waals surface area contributed by atoms with Crippen molar-refractivity contribution in [1.82, 2.24) is 4.90 Å². The third-order valence-electron chi connectivity index (χ3n) is 5.71. The first-order valence-corrected chi connectivity index (χ1v) is 11.9. The van der Waals surface area contributed by atoms with Crippen LogP contribution in [-0.2, 0) is 29.8 Å². The second-order valence-corrected chi connectivity index (χ2v) is 10.9. The van der Waals surface area contributed by atoms with Crippen LogP contribution in [0.15, 0.2) is 18.2 Å². The van der Waals surface area contributed by atoms with Crippen molar-refractivity contribution >= 4 is 27.6 Å². The lowest BCUT2D eigenvalue weighted by Crippen LogP contribution is -2.53. The second-order valence-electron chi connectivity index (χ2n) is 8.96. The Bertz CT molecular complexity index is 929. The van der Waals surface area contributed by atoms with Gasteiger partial charge in [-0.25, -0.2) is 8.42 Å². The molecule has 1 unspecified atom stereocenters. The van der Waals surface area contributed by atoms with Crippen LogP contribution in [0.3, 0.4) is 0 Å². The number of likely N-dealkylation sites (tertiary alicyclic amines) is 1. The molecule has 9 heteroatoms. The van der Waals surface area contributed by atoms with E-state index in [-0.39, 0.29) is 29.8 Å². The van der Waals surface area contributed by atoms with Crippen LogP contribution in [0.1, 0.15) is 39.2 Å². The zero-order valence-corrected chi connectivity index (χ0v) is 19.0. The molecule has 0 saturated carbocycles. The Labute approximate surface area is 178 Å². The first-order chi connectivity index (χ1) is 13.9. The lowest BCUT2D eigenvalue weighted by Gasteiger charge is -2.38. The number of amides is 1. The molecule has 1 atom stereocenters. The highest BCUT2D eigenvalue weighted by molar-refractivity contribution is 7.92. The van der Waals surface area contributed by atoms with Gasteiger partial charge in [-0.2, -0.15) is 0 Å². The number of nitrogens with zero attached hydrogens (tertiary/aromatic N) is 2. The number of piperidine rings is 1. The molecule has 0 radical (unpaired) electrons. The fourth-order valence-electron chi connectivity index (χ4n) is 3.87. The van der Waals surface area contributed by atoms with Gasteiger partial charge in [-0.05, 0) is 36.0 Å². The molecule has 166 valence electrons. The van der Waals surface area contributed by atoms with Gasteiger partial charge in [0.15, 0.2) is 6.10 Å². The maximum atomic E-state index is 13.1. The third kappa shape index (κ3) is 4.55. The molecule has 1 amide bonds. The van der Waals surface area contributed by atoms with E-state index in [1.165, 1.54) is 11.4 Å². The molecule has 0 bridgehead atoms. The monoisotopic (exact) mass is 438 g/mol.